The topological polar surface area (TPSA) is 69.1 Å². The SMILES string of the molecule is CC(C)(C)c1ccc(-c2nnc3sc(CCN)nn23)cc1. The standard InChI is InChI=1S/C15H19N5S/c1-15(2,3)11-6-4-10(5-7-11)13-17-18-14-20(13)19-12(21-14)8-9-16/h4-7H,8-9,16H2,1-3H3. The number of fused-ring (bicyclic) bond motifs is 1. The minimum atomic E-state index is 0.146. The third kappa shape index (κ3) is 2.69. The van der Waals surface area contributed by atoms with Gasteiger partial charge in [0.25, 0.3) is 0 Å². The van der Waals surface area contributed by atoms with Crippen LogP contribution in [0.5, 0.6) is 0 Å². The number of nitrogens with two attached hydrogens (primary N) is 1. The summed E-state index contributed by atoms with van der Waals surface area (Å²) in [4.78, 5) is 0.813. The van der Waals surface area contributed by atoms with Crippen LogP contribution in [0.3, 0.4) is 0 Å². The zero-order valence-corrected chi connectivity index (χ0v) is 13.3. The molecule has 6 heteroatoms. The summed E-state index contributed by atoms with van der Waals surface area (Å²) in [6.45, 7) is 7.21. The number of hydrogen-bond acceptors (Lipinski definition) is 5. The number of rotatable bonds is 3. The lowest BCUT2D eigenvalue weighted by Crippen LogP contribution is -2.10. The van der Waals surface area contributed by atoms with E-state index in [2.05, 4.69) is 60.3 Å². The zero-order valence-electron chi connectivity index (χ0n) is 12.5. The maximum atomic E-state index is 5.58. The van der Waals surface area contributed by atoms with Gasteiger partial charge >= 0.3 is 0 Å². The van der Waals surface area contributed by atoms with Crippen molar-refractivity contribution >= 4 is 16.3 Å². The summed E-state index contributed by atoms with van der Waals surface area (Å²) in [6.07, 6.45) is 0.774. The summed E-state index contributed by atoms with van der Waals surface area (Å²) in [6, 6.07) is 8.45. The Kier molecular flexibility index (Phi) is 3.51. The first kappa shape index (κ1) is 14.2. The molecule has 5 nitrogen and oxygen atoms in total. The van der Waals surface area contributed by atoms with E-state index in [-0.39, 0.29) is 5.41 Å². The second-order valence-corrected chi connectivity index (χ2v) is 7.12. The first-order chi connectivity index (χ1) is 9.99. The largest absolute Gasteiger partial charge is 0.330 e. The van der Waals surface area contributed by atoms with Crippen molar-refractivity contribution in [2.24, 2.45) is 5.73 Å². The molecule has 0 unspecified atom stereocenters. The molecule has 21 heavy (non-hydrogen) atoms. The fourth-order valence-corrected chi connectivity index (χ4v) is 3.03. The smallest absolute Gasteiger partial charge is 0.234 e. The van der Waals surface area contributed by atoms with Crippen molar-refractivity contribution in [3.05, 3.63) is 34.8 Å². The highest BCUT2D eigenvalue weighted by Gasteiger charge is 2.16. The summed E-state index contributed by atoms with van der Waals surface area (Å²) < 4.78 is 1.81. The van der Waals surface area contributed by atoms with Gasteiger partial charge in [0.1, 0.15) is 5.01 Å². The van der Waals surface area contributed by atoms with Crippen LogP contribution in [0.4, 0.5) is 0 Å². The molecule has 2 heterocycles. The predicted molar refractivity (Wildman–Crippen MR) is 85.6 cm³/mol. The number of nitrogens with zero attached hydrogens (tertiary/aromatic N) is 4. The number of aromatic nitrogens is 4. The Morgan fingerprint density at radius 3 is 2.48 bits per heavy atom. The van der Waals surface area contributed by atoms with E-state index in [9.17, 15) is 0 Å². The van der Waals surface area contributed by atoms with Crippen LogP contribution < -0.4 is 5.73 Å². The van der Waals surface area contributed by atoms with E-state index in [0.29, 0.717) is 6.54 Å². The minimum absolute atomic E-state index is 0.146. The number of hydrogen-bond donors (Lipinski definition) is 1. The Hall–Kier alpha value is -1.79. The van der Waals surface area contributed by atoms with Crippen molar-refractivity contribution in [2.75, 3.05) is 6.54 Å². The highest BCUT2D eigenvalue weighted by molar-refractivity contribution is 7.16. The maximum absolute atomic E-state index is 5.58. The predicted octanol–water partition coefficient (Wildman–Crippen LogP) is 2.65. The van der Waals surface area contributed by atoms with Gasteiger partial charge in [-0.25, -0.2) is 0 Å². The molecular formula is C15H19N5S. The van der Waals surface area contributed by atoms with Crippen LogP contribution >= 0.6 is 11.3 Å². The molecule has 0 aliphatic rings. The van der Waals surface area contributed by atoms with E-state index < -0.39 is 0 Å². The molecule has 0 saturated carbocycles. The Labute approximate surface area is 127 Å². The van der Waals surface area contributed by atoms with Crippen LogP contribution in [0.25, 0.3) is 16.3 Å². The van der Waals surface area contributed by atoms with E-state index in [1.165, 1.54) is 5.56 Å². The minimum Gasteiger partial charge on any atom is -0.330 e. The van der Waals surface area contributed by atoms with Gasteiger partial charge in [-0.05, 0) is 17.5 Å². The molecule has 0 amide bonds. The molecule has 0 bridgehead atoms. The molecule has 0 spiro atoms. The summed E-state index contributed by atoms with van der Waals surface area (Å²) in [7, 11) is 0. The van der Waals surface area contributed by atoms with Crippen LogP contribution in [0.15, 0.2) is 24.3 Å². The van der Waals surface area contributed by atoms with Crippen molar-refractivity contribution in [1.29, 1.82) is 0 Å². The summed E-state index contributed by atoms with van der Waals surface area (Å²) >= 11 is 1.54. The maximum Gasteiger partial charge on any atom is 0.234 e. The van der Waals surface area contributed by atoms with Crippen LogP contribution in [-0.4, -0.2) is 26.4 Å². The van der Waals surface area contributed by atoms with Crippen LogP contribution in [0.2, 0.25) is 0 Å². The van der Waals surface area contributed by atoms with Crippen molar-refractivity contribution in [3.8, 4) is 11.4 Å². The highest BCUT2D eigenvalue weighted by Crippen LogP contribution is 2.26. The fourth-order valence-electron chi connectivity index (χ4n) is 2.18. The molecule has 110 valence electrons. The Morgan fingerprint density at radius 2 is 1.86 bits per heavy atom. The molecular weight excluding hydrogens is 282 g/mol. The Balaban J connectivity index is 2.00. The lowest BCUT2D eigenvalue weighted by Gasteiger charge is -2.18. The first-order valence-electron chi connectivity index (χ1n) is 7.01. The molecule has 3 aromatic rings. The molecule has 2 N–H and O–H groups in total. The van der Waals surface area contributed by atoms with Gasteiger partial charge in [0.15, 0.2) is 5.82 Å². The van der Waals surface area contributed by atoms with Crippen molar-refractivity contribution in [3.63, 3.8) is 0 Å². The van der Waals surface area contributed by atoms with Gasteiger partial charge < -0.3 is 5.73 Å². The normalized spacial score (nSPS) is 12.2. The van der Waals surface area contributed by atoms with Gasteiger partial charge in [0, 0.05) is 12.0 Å². The molecule has 0 fully saturated rings. The Morgan fingerprint density at radius 1 is 1.14 bits per heavy atom. The van der Waals surface area contributed by atoms with E-state index in [1.54, 1.807) is 11.3 Å². The van der Waals surface area contributed by atoms with Crippen molar-refractivity contribution < 1.29 is 0 Å². The molecule has 2 aromatic heterocycles. The van der Waals surface area contributed by atoms with Gasteiger partial charge in [-0.3, -0.25) is 0 Å². The second kappa shape index (κ2) is 5.20. The molecule has 3 rings (SSSR count). The third-order valence-corrected chi connectivity index (χ3v) is 4.36. The van der Waals surface area contributed by atoms with Crippen LogP contribution in [0, 0.1) is 0 Å². The van der Waals surface area contributed by atoms with E-state index in [0.717, 1.165) is 27.8 Å². The van der Waals surface area contributed by atoms with Crippen LogP contribution in [-0.2, 0) is 11.8 Å². The number of benzene rings is 1. The molecule has 0 aliphatic heterocycles. The first-order valence-corrected chi connectivity index (χ1v) is 7.83. The average Bonchev–Trinajstić information content (AvgIpc) is 2.98. The van der Waals surface area contributed by atoms with Crippen LogP contribution in [0.1, 0.15) is 31.3 Å². The molecule has 0 aliphatic carbocycles. The zero-order chi connectivity index (χ0) is 15.0. The summed E-state index contributed by atoms with van der Waals surface area (Å²) in [5.41, 5.74) is 8.05. The van der Waals surface area contributed by atoms with Gasteiger partial charge in [0.05, 0.1) is 0 Å². The average molecular weight is 301 g/mol. The molecule has 0 radical (unpaired) electrons. The van der Waals surface area contributed by atoms with E-state index >= 15 is 0 Å². The Bertz CT molecular complexity index is 749. The van der Waals surface area contributed by atoms with Crippen molar-refractivity contribution in [1.82, 2.24) is 19.8 Å². The lowest BCUT2D eigenvalue weighted by atomic mass is 9.87. The third-order valence-electron chi connectivity index (χ3n) is 3.40. The summed E-state index contributed by atoms with van der Waals surface area (Å²) in [5, 5.41) is 14.0. The monoisotopic (exact) mass is 301 g/mol. The summed E-state index contributed by atoms with van der Waals surface area (Å²) in [5.74, 6) is 0.782. The van der Waals surface area contributed by atoms with Gasteiger partial charge in [-0.15, -0.1) is 10.2 Å². The molecule has 1 aromatic carbocycles. The fraction of sp³-hybridized carbons (Fsp3) is 0.400. The van der Waals surface area contributed by atoms with Gasteiger partial charge in [-0.1, -0.05) is 56.4 Å². The quantitative estimate of drug-likeness (QED) is 0.807. The molecule has 0 atom stereocenters. The highest BCUT2D eigenvalue weighted by atomic mass is 32.1. The van der Waals surface area contributed by atoms with Gasteiger partial charge in [0.2, 0.25) is 4.96 Å². The molecule has 0 saturated heterocycles. The van der Waals surface area contributed by atoms with Gasteiger partial charge in [-0.2, -0.15) is 9.61 Å². The van der Waals surface area contributed by atoms with Crippen molar-refractivity contribution in [2.45, 2.75) is 32.6 Å². The van der Waals surface area contributed by atoms with E-state index in [4.69, 9.17) is 5.73 Å². The second-order valence-electron chi connectivity index (χ2n) is 6.08. The van der Waals surface area contributed by atoms with E-state index in [1.807, 2.05) is 4.52 Å². The lowest BCUT2D eigenvalue weighted by molar-refractivity contribution is 0.590.